The number of hydrogen-bond acceptors (Lipinski definition) is 4. The number of hydrogen-bond donors (Lipinski definition) is 1. The van der Waals surface area contributed by atoms with Crippen LogP contribution in [-0.4, -0.2) is 49.5 Å². The maximum absolute atomic E-state index is 12.7. The molecule has 2 aromatic carbocycles. The number of nitrogens with zero attached hydrogens (tertiary/aromatic N) is 2. The lowest BCUT2D eigenvalue weighted by molar-refractivity contribution is -0.125. The molecular formula is C24H28ClN3O3. The molecule has 0 aliphatic carbocycles. The Morgan fingerprint density at radius 2 is 1.90 bits per heavy atom. The highest BCUT2D eigenvalue weighted by atomic mass is 35.5. The van der Waals surface area contributed by atoms with Crippen LogP contribution >= 0.6 is 11.6 Å². The summed E-state index contributed by atoms with van der Waals surface area (Å²) < 4.78 is 5.58. The maximum atomic E-state index is 12.7. The zero-order valence-electron chi connectivity index (χ0n) is 17.6. The van der Waals surface area contributed by atoms with Crippen LogP contribution in [0.25, 0.3) is 0 Å². The van der Waals surface area contributed by atoms with Gasteiger partial charge in [0.05, 0.1) is 12.2 Å². The van der Waals surface area contributed by atoms with E-state index in [0.717, 1.165) is 32.5 Å². The van der Waals surface area contributed by atoms with Gasteiger partial charge in [0.2, 0.25) is 11.8 Å². The van der Waals surface area contributed by atoms with Gasteiger partial charge < -0.3 is 15.0 Å². The van der Waals surface area contributed by atoms with Gasteiger partial charge in [-0.1, -0.05) is 35.9 Å². The average Bonchev–Trinajstić information content (AvgIpc) is 2.79. The molecule has 0 aromatic heterocycles. The number of halogens is 1. The first-order chi connectivity index (χ1) is 15.1. The Morgan fingerprint density at radius 1 is 1.06 bits per heavy atom. The standard InChI is InChI=1S/C24H28ClN3O3/c25-20-6-7-22-21(16-20)28(14-15-31-22)24(30)9-8-23(29)26-11-3-12-27-13-10-18-4-1-2-5-19(18)17-27/h1-2,4-7,16H,3,8-15,17H2,(H,26,29). The summed E-state index contributed by atoms with van der Waals surface area (Å²) in [6.07, 6.45) is 2.33. The fourth-order valence-electron chi connectivity index (χ4n) is 4.17. The number of anilines is 1. The van der Waals surface area contributed by atoms with Crippen LogP contribution in [0, 0.1) is 0 Å². The summed E-state index contributed by atoms with van der Waals surface area (Å²) in [7, 11) is 0. The van der Waals surface area contributed by atoms with Gasteiger partial charge in [0.15, 0.2) is 0 Å². The molecule has 6 nitrogen and oxygen atoms in total. The van der Waals surface area contributed by atoms with E-state index in [1.807, 2.05) is 0 Å². The lowest BCUT2D eigenvalue weighted by atomic mass is 10.00. The Bertz CT molecular complexity index is 949. The third kappa shape index (κ3) is 5.57. The third-order valence-corrected chi connectivity index (χ3v) is 6.07. The minimum Gasteiger partial charge on any atom is -0.490 e. The van der Waals surface area contributed by atoms with Crippen molar-refractivity contribution in [3.8, 4) is 5.75 Å². The third-order valence-electron chi connectivity index (χ3n) is 5.83. The molecule has 0 spiro atoms. The van der Waals surface area contributed by atoms with Crippen molar-refractivity contribution in [3.63, 3.8) is 0 Å². The van der Waals surface area contributed by atoms with Crippen molar-refractivity contribution in [2.24, 2.45) is 0 Å². The van der Waals surface area contributed by atoms with Crippen molar-refractivity contribution < 1.29 is 14.3 Å². The highest BCUT2D eigenvalue weighted by Crippen LogP contribution is 2.34. The van der Waals surface area contributed by atoms with Crippen LogP contribution in [0.5, 0.6) is 5.75 Å². The van der Waals surface area contributed by atoms with Gasteiger partial charge in [0.1, 0.15) is 12.4 Å². The average molecular weight is 442 g/mol. The van der Waals surface area contributed by atoms with Gasteiger partial charge in [-0.15, -0.1) is 0 Å². The Labute approximate surface area is 188 Å². The molecule has 7 heteroatoms. The van der Waals surface area contributed by atoms with Crippen LogP contribution in [0.2, 0.25) is 5.02 Å². The second kappa shape index (κ2) is 10.2. The molecule has 0 bridgehead atoms. The van der Waals surface area contributed by atoms with Gasteiger partial charge >= 0.3 is 0 Å². The number of benzene rings is 2. The Balaban J connectivity index is 1.16. The molecular weight excluding hydrogens is 414 g/mol. The summed E-state index contributed by atoms with van der Waals surface area (Å²) in [6, 6.07) is 13.8. The van der Waals surface area contributed by atoms with E-state index in [1.54, 1.807) is 23.1 Å². The molecule has 1 N–H and O–H groups in total. The minimum absolute atomic E-state index is 0.0862. The minimum atomic E-state index is -0.0889. The lowest BCUT2D eigenvalue weighted by Crippen LogP contribution is -2.38. The van der Waals surface area contributed by atoms with Crippen LogP contribution < -0.4 is 15.0 Å². The molecule has 0 radical (unpaired) electrons. The highest BCUT2D eigenvalue weighted by Gasteiger charge is 2.24. The second-order valence-corrected chi connectivity index (χ2v) is 8.44. The predicted octanol–water partition coefficient (Wildman–Crippen LogP) is 3.41. The molecule has 0 saturated heterocycles. The Hall–Kier alpha value is -2.57. The summed E-state index contributed by atoms with van der Waals surface area (Å²) >= 11 is 6.07. The van der Waals surface area contributed by atoms with E-state index in [9.17, 15) is 9.59 Å². The monoisotopic (exact) mass is 441 g/mol. The van der Waals surface area contributed by atoms with E-state index < -0.39 is 0 Å². The van der Waals surface area contributed by atoms with E-state index in [2.05, 4.69) is 34.5 Å². The number of nitrogens with one attached hydrogen (secondary N) is 1. The number of rotatable bonds is 7. The Morgan fingerprint density at radius 3 is 2.77 bits per heavy atom. The molecule has 4 rings (SSSR count). The fourth-order valence-corrected chi connectivity index (χ4v) is 4.34. The molecule has 2 aliphatic heterocycles. The number of ether oxygens (including phenoxy) is 1. The van der Waals surface area contributed by atoms with Gasteiger partial charge in [0.25, 0.3) is 0 Å². The second-order valence-electron chi connectivity index (χ2n) is 8.00. The van der Waals surface area contributed by atoms with Crippen LogP contribution in [0.15, 0.2) is 42.5 Å². The zero-order valence-corrected chi connectivity index (χ0v) is 18.4. The van der Waals surface area contributed by atoms with E-state index in [-0.39, 0.29) is 24.7 Å². The van der Waals surface area contributed by atoms with Crippen LogP contribution in [0.3, 0.4) is 0 Å². The summed E-state index contributed by atoms with van der Waals surface area (Å²) in [4.78, 5) is 28.9. The summed E-state index contributed by atoms with van der Waals surface area (Å²) in [5.41, 5.74) is 3.52. The summed E-state index contributed by atoms with van der Waals surface area (Å²) in [5.74, 6) is 0.472. The zero-order chi connectivity index (χ0) is 21.6. The molecule has 2 amide bonds. The number of carbonyl (C=O) groups excluding carboxylic acids is 2. The van der Waals surface area contributed by atoms with E-state index in [0.29, 0.717) is 36.2 Å². The molecule has 0 atom stereocenters. The number of carbonyl (C=O) groups is 2. The van der Waals surface area contributed by atoms with Gasteiger partial charge in [0, 0.05) is 44.0 Å². The molecule has 31 heavy (non-hydrogen) atoms. The quantitative estimate of drug-likeness (QED) is 0.669. The summed E-state index contributed by atoms with van der Waals surface area (Å²) in [6.45, 7) is 4.52. The van der Waals surface area contributed by atoms with Crippen molar-refractivity contribution in [2.45, 2.75) is 32.2 Å². The van der Waals surface area contributed by atoms with Gasteiger partial charge in [-0.25, -0.2) is 0 Å². The molecule has 2 aliphatic rings. The van der Waals surface area contributed by atoms with E-state index in [1.165, 1.54) is 11.1 Å². The molecule has 2 aromatic rings. The SMILES string of the molecule is O=C(CCC(=O)N1CCOc2ccc(Cl)cc21)NCCCN1CCc2ccccc2C1. The normalized spacial score (nSPS) is 15.6. The molecule has 0 fully saturated rings. The van der Waals surface area contributed by atoms with Crippen molar-refractivity contribution in [1.29, 1.82) is 0 Å². The Kier molecular flexibility index (Phi) is 7.10. The van der Waals surface area contributed by atoms with Crippen LogP contribution in [0.1, 0.15) is 30.4 Å². The molecule has 164 valence electrons. The van der Waals surface area contributed by atoms with Crippen LogP contribution in [-0.2, 0) is 22.6 Å². The van der Waals surface area contributed by atoms with Crippen molar-refractivity contribution >= 4 is 29.1 Å². The van der Waals surface area contributed by atoms with Crippen LogP contribution in [0.4, 0.5) is 5.69 Å². The van der Waals surface area contributed by atoms with Crippen molar-refractivity contribution in [3.05, 3.63) is 58.6 Å². The lowest BCUT2D eigenvalue weighted by Gasteiger charge is -2.29. The van der Waals surface area contributed by atoms with Crippen molar-refractivity contribution in [1.82, 2.24) is 10.2 Å². The largest absolute Gasteiger partial charge is 0.490 e. The topological polar surface area (TPSA) is 61.9 Å². The van der Waals surface area contributed by atoms with E-state index in [4.69, 9.17) is 16.3 Å². The van der Waals surface area contributed by atoms with Gasteiger partial charge in [-0.2, -0.15) is 0 Å². The maximum Gasteiger partial charge on any atom is 0.227 e. The van der Waals surface area contributed by atoms with E-state index >= 15 is 0 Å². The smallest absolute Gasteiger partial charge is 0.227 e. The molecule has 2 heterocycles. The first-order valence-electron chi connectivity index (χ1n) is 10.9. The van der Waals surface area contributed by atoms with Crippen molar-refractivity contribution in [2.75, 3.05) is 37.7 Å². The summed E-state index contributed by atoms with van der Waals surface area (Å²) in [5, 5.41) is 3.50. The first-order valence-corrected chi connectivity index (χ1v) is 11.3. The number of fused-ring (bicyclic) bond motifs is 2. The fraction of sp³-hybridized carbons (Fsp3) is 0.417. The highest BCUT2D eigenvalue weighted by molar-refractivity contribution is 6.31. The predicted molar refractivity (Wildman–Crippen MR) is 122 cm³/mol. The molecule has 0 saturated carbocycles. The first kappa shape index (κ1) is 21.7. The molecule has 0 unspecified atom stereocenters. The number of amides is 2. The van der Waals surface area contributed by atoms with Gasteiger partial charge in [-0.3, -0.25) is 14.5 Å². The van der Waals surface area contributed by atoms with Gasteiger partial charge in [-0.05, 0) is 42.2 Å².